The maximum atomic E-state index is 10.00. The van der Waals surface area contributed by atoms with E-state index < -0.39 is 0 Å². The summed E-state index contributed by atoms with van der Waals surface area (Å²) in [7, 11) is 0. The predicted molar refractivity (Wildman–Crippen MR) is 141 cm³/mol. The van der Waals surface area contributed by atoms with Crippen molar-refractivity contribution in [2.24, 2.45) is 23.2 Å². The highest BCUT2D eigenvalue weighted by molar-refractivity contribution is 7.80. The lowest BCUT2D eigenvalue weighted by Gasteiger charge is -2.45. The van der Waals surface area contributed by atoms with E-state index in [9.17, 15) is 5.11 Å². The van der Waals surface area contributed by atoms with Crippen LogP contribution in [0.4, 0.5) is 0 Å². The minimum Gasteiger partial charge on any atom is -0.393 e. The molecule has 0 aromatic heterocycles. The molecule has 0 heterocycles. The van der Waals surface area contributed by atoms with Gasteiger partial charge < -0.3 is 5.11 Å². The number of fused-ring (bicyclic) bond motifs is 1. The largest absolute Gasteiger partial charge is 0.393 e. The van der Waals surface area contributed by atoms with E-state index in [4.69, 9.17) is 0 Å². The van der Waals surface area contributed by atoms with Gasteiger partial charge in [0.1, 0.15) is 0 Å². The number of hydrogen-bond donors (Lipinski definition) is 2. The summed E-state index contributed by atoms with van der Waals surface area (Å²) in [5.74, 6) is 3.70. The molecule has 0 saturated heterocycles. The number of aliphatic hydroxyl groups is 1. The van der Waals surface area contributed by atoms with Gasteiger partial charge in [-0.15, -0.1) is 0 Å². The molecule has 3 aliphatic carbocycles. The summed E-state index contributed by atoms with van der Waals surface area (Å²) in [6.45, 7) is 9.00. The standard InChI is InChI=1S/C27H46OS.C2H6/c1-3-4-10-22(11-5-6-19-29)25-16-17-26-23(12-8-18-27(25,26)2)15-14-21-9-7-13-24(28)20-21;1-2/h14-15,22,24-26,28-29H,3-13,16-20H2,1-2H3;1-2H3/b21-14-,23-15+;/t22-,24-,25?,26?,27+;/m0./s1. The molecule has 3 aliphatic rings. The fourth-order valence-corrected chi connectivity index (χ4v) is 7.26. The lowest BCUT2D eigenvalue weighted by Crippen LogP contribution is -2.36. The van der Waals surface area contributed by atoms with Crippen LogP contribution in [0.15, 0.2) is 23.3 Å². The van der Waals surface area contributed by atoms with E-state index in [2.05, 4.69) is 38.6 Å². The van der Waals surface area contributed by atoms with Gasteiger partial charge in [0, 0.05) is 0 Å². The second-order valence-corrected chi connectivity index (χ2v) is 11.0. The van der Waals surface area contributed by atoms with Gasteiger partial charge in [-0.25, -0.2) is 0 Å². The lowest BCUT2D eigenvalue weighted by molar-refractivity contribution is 0.0816. The highest BCUT2D eigenvalue weighted by Crippen LogP contribution is 2.60. The molecule has 180 valence electrons. The molecule has 0 aromatic rings. The lowest BCUT2D eigenvalue weighted by atomic mass is 9.60. The molecule has 2 unspecified atom stereocenters. The van der Waals surface area contributed by atoms with E-state index in [-0.39, 0.29) is 6.10 Å². The maximum Gasteiger partial charge on any atom is 0.0577 e. The quantitative estimate of drug-likeness (QED) is 0.266. The second kappa shape index (κ2) is 14.1. The van der Waals surface area contributed by atoms with Gasteiger partial charge in [-0.05, 0) is 93.1 Å². The predicted octanol–water partition coefficient (Wildman–Crippen LogP) is 8.92. The molecule has 0 bridgehead atoms. The molecular weight excluding hydrogens is 396 g/mol. The van der Waals surface area contributed by atoms with Crippen LogP contribution in [-0.2, 0) is 0 Å². The fraction of sp³-hybridized carbons (Fsp3) is 0.862. The van der Waals surface area contributed by atoms with Crippen molar-refractivity contribution in [1.29, 1.82) is 0 Å². The summed E-state index contributed by atoms with van der Waals surface area (Å²) < 4.78 is 0. The fourth-order valence-electron chi connectivity index (χ4n) is 7.03. The summed E-state index contributed by atoms with van der Waals surface area (Å²) in [5.41, 5.74) is 3.73. The van der Waals surface area contributed by atoms with Crippen molar-refractivity contribution in [3.05, 3.63) is 23.3 Å². The Labute approximate surface area is 200 Å². The zero-order valence-corrected chi connectivity index (χ0v) is 22.1. The van der Waals surface area contributed by atoms with E-state index >= 15 is 0 Å². The van der Waals surface area contributed by atoms with E-state index in [1.54, 1.807) is 5.57 Å². The van der Waals surface area contributed by atoms with Crippen molar-refractivity contribution in [2.75, 3.05) is 5.75 Å². The third kappa shape index (κ3) is 7.39. The molecular formula is C29H52OS. The zero-order chi connectivity index (χ0) is 22.7. The Morgan fingerprint density at radius 2 is 1.81 bits per heavy atom. The van der Waals surface area contributed by atoms with Crippen molar-refractivity contribution in [3.8, 4) is 0 Å². The number of hydrogen-bond acceptors (Lipinski definition) is 2. The summed E-state index contributed by atoms with van der Waals surface area (Å²) in [6, 6.07) is 0. The van der Waals surface area contributed by atoms with Gasteiger partial charge in [0.15, 0.2) is 0 Å². The molecule has 31 heavy (non-hydrogen) atoms. The monoisotopic (exact) mass is 448 g/mol. The van der Waals surface area contributed by atoms with Gasteiger partial charge in [-0.1, -0.05) is 83.1 Å². The van der Waals surface area contributed by atoms with Gasteiger partial charge in [0.2, 0.25) is 0 Å². The van der Waals surface area contributed by atoms with Crippen molar-refractivity contribution in [2.45, 2.75) is 130 Å². The average Bonchev–Trinajstić information content (AvgIpc) is 3.13. The van der Waals surface area contributed by atoms with Gasteiger partial charge in [0.05, 0.1) is 6.10 Å². The summed E-state index contributed by atoms with van der Waals surface area (Å²) in [6.07, 6.45) is 24.3. The van der Waals surface area contributed by atoms with Crippen LogP contribution in [0.2, 0.25) is 0 Å². The van der Waals surface area contributed by atoms with E-state index in [0.29, 0.717) is 5.41 Å². The first-order chi connectivity index (χ1) is 15.1. The van der Waals surface area contributed by atoms with Crippen molar-refractivity contribution < 1.29 is 5.11 Å². The van der Waals surface area contributed by atoms with Crippen molar-refractivity contribution in [3.63, 3.8) is 0 Å². The Bertz CT molecular complexity index is 565. The van der Waals surface area contributed by atoms with Crippen LogP contribution in [0.25, 0.3) is 0 Å². The highest BCUT2D eigenvalue weighted by Gasteiger charge is 2.51. The molecule has 0 aromatic carbocycles. The van der Waals surface area contributed by atoms with Gasteiger partial charge in [0.25, 0.3) is 0 Å². The number of unbranched alkanes of at least 4 members (excludes halogenated alkanes) is 2. The Morgan fingerprint density at radius 3 is 2.52 bits per heavy atom. The molecule has 3 rings (SSSR count). The van der Waals surface area contributed by atoms with E-state index in [1.165, 1.54) is 82.6 Å². The van der Waals surface area contributed by atoms with E-state index in [1.807, 2.05) is 13.8 Å². The van der Waals surface area contributed by atoms with Crippen LogP contribution in [0.3, 0.4) is 0 Å². The first kappa shape index (κ1) is 27.0. The first-order valence-electron chi connectivity index (χ1n) is 13.8. The van der Waals surface area contributed by atoms with Gasteiger partial charge in [-0.3, -0.25) is 0 Å². The van der Waals surface area contributed by atoms with Crippen LogP contribution >= 0.6 is 12.6 Å². The number of aliphatic hydroxyl groups excluding tert-OH is 1. The van der Waals surface area contributed by atoms with E-state index in [0.717, 1.165) is 42.8 Å². The number of thiol groups is 1. The van der Waals surface area contributed by atoms with Gasteiger partial charge >= 0.3 is 0 Å². The third-order valence-corrected chi connectivity index (χ3v) is 8.90. The Kier molecular flexibility index (Phi) is 12.3. The Morgan fingerprint density at radius 1 is 1.03 bits per heavy atom. The zero-order valence-electron chi connectivity index (χ0n) is 21.2. The summed E-state index contributed by atoms with van der Waals surface area (Å²) in [4.78, 5) is 0. The van der Waals surface area contributed by atoms with Gasteiger partial charge in [-0.2, -0.15) is 12.6 Å². The Balaban J connectivity index is 0.00000166. The van der Waals surface area contributed by atoms with Crippen molar-refractivity contribution >= 4 is 12.6 Å². The van der Waals surface area contributed by atoms with Crippen LogP contribution in [0, 0.1) is 23.2 Å². The van der Waals surface area contributed by atoms with Crippen LogP contribution in [0.1, 0.15) is 124 Å². The van der Waals surface area contributed by atoms with Crippen LogP contribution in [-0.4, -0.2) is 17.0 Å². The number of rotatable bonds is 9. The topological polar surface area (TPSA) is 20.2 Å². The molecule has 5 atom stereocenters. The Hall–Kier alpha value is -0.210. The molecule has 3 saturated carbocycles. The van der Waals surface area contributed by atoms with Crippen LogP contribution in [0.5, 0.6) is 0 Å². The SMILES string of the molecule is CC.CCCC[C@@H](CCCCS)C1CCC2/C(=C/C=C3/CCC[C@H](O)C3)CCC[C@@]21C. The molecule has 3 fully saturated rings. The minimum atomic E-state index is -0.0996. The normalized spacial score (nSPS) is 34.3. The summed E-state index contributed by atoms with van der Waals surface area (Å²) in [5, 5.41) is 10.00. The molecule has 0 radical (unpaired) electrons. The first-order valence-corrected chi connectivity index (χ1v) is 14.4. The van der Waals surface area contributed by atoms with Crippen LogP contribution < -0.4 is 0 Å². The van der Waals surface area contributed by atoms with Crippen molar-refractivity contribution in [1.82, 2.24) is 0 Å². The highest BCUT2D eigenvalue weighted by atomic mass is 32.1. The summed E-state index contributed by atoms with van der Waals surface area (Å²) >= 11 is 4.45. The minimum absolute atomic E-state index is 0.0996. The molecule has 0 amide bonds. The molecule has 1 N–H and O–H groups in total. The smallest absolute Gasteiger partial charge is 0.0577 e. The molecule has 1 nitrogen and oxygen atoms in total. The molecule has 0 spiro atoms. The molecule has 0 aliphatic heterocycles. The number of allylic oxidation sites excluding steroid dienone is 3. The molecule has 2 heteroatoms. The maximum absolute atomic E-state index is 10.00. The second-order valence-electron chi connectivity index (χ2n) is 10.5. The third-order valence-electron chi connectivity index (χ3n) is 8.58. The average molecular weight is 449 g/mol.